The molecule has 1 aromatic heterocycles. The van der Waals surface area contributed by atoms with Crippen molar-refractivity contribution in [1.29, 1.82) is 0 Å². The van der Waals surface area contributed by atoms with E-state index in [4.69, 9.17) is 23.2 Å². The largest absolute Gasteiger partial charge is 0.350 e. The van der Waals surface area contributed by atoms with Crippen LogP contribution in [0, 0.1) is 5.82 Å². The minimum atomic E-state index is -0.453. The molecule has 1 unspecified atom stereocenters. The molecule has 0 spiro atoms. The molecule has 144 valence electrons. The molecule has 1 heterocycles. The number of nitrogens with zero attached hydrogens (tertiary/aromatic N) is 2. The number of rotatable bonds is 5. The molecule has 3 rings (SSSR count). The van der Waals surface area contributed by atoms with E-state index in [0.29, 0.717) is 15.7 Å². The first-order valence-electron chi connectivity index (χ1n) is 8.45. The Kier molecular flexibility index (Phi) is 6.11. The van der Waals surface area contributed by atoms with Gasteiger partial charge >= 0.3 is 0 Å². The van der Waals surface area contributed by atoms with Gasteiger partial charge in [-0.25, -0.2) is 4.39 Å². The van der Waals surface area contributed by atoms with Gasteiger partial charge in [-0.15, -0.1) is 0 Å². The van der Waals surface area contributed by atoms with E-state index in [-0.39, 0.29) is 18.2 Å². The van der Waals surface area contributed by atoms with Crippen molar-refractivity contribution < 1.29 is 9.18 Å². The number of hydrogen-bond acceptors (Lipinski definition) is 3. The van der Waals surface area contributed by atoms with Crippen molar-refractivity contribution in [2.75, 3.05) is 6.54 Å². The van der Waals surface area contributed by atoms with Crippen LogP contribution in [0.5, 0.6) is 0 Å². The third-order valence-corrected chi connectivity index (χ3v) is 4.82. The molecule has 0 saturated heterocycles. The topological polar surface area (TPSA) is 64.0 Å². The van der Waals surface area contributed by atoms with Crippen molar-refractivity contribution in [1.82, 2.24) is 15.1 Å². The maximum Gasteiger partial charge on any atom is 0.271 e. The van der Waals surface area contributed by atoms with Gasteiger partial charge in [0.15, 0.2) is 0 Å². The van der Waals surface area contributed by atoms with Gasteiger partial charge in [-0.3, -0.25) is 9.59 Å². The van der Waals surface area contributed by atoms with Crippen LogP contribution in [0.15, 0.2) is 59.4 Å². The second-order valence-corrected chi connectivity index (χ2v) is 7.01. The Hall–Kier alpha value is -2.70. The number of hydrogen-bond donors (Lipinski definition) is 1. The molecule has 0 radical (unpaired) electrons. The summed E-state index contributed by atoms with van der Waals surface area (Å²) in [6.07, 6.45) is 0. The lowest BCUT2D eigenvalue weighted by molar-refractivity contribution is 0.0945. The van der Waals surface area contributed by atoms with E-state index in [2.05, 4.69) is 10.4 Å². The van der Waals surface area contributed by atoms with E-state index in [1.54, 1.807) is 18.2 Å². The Labute approximate surface area is 170 Å². The Morgan fingerprint density at radius 1 is 1.11 bits per heavy atom. The first kappa shape index (κ1) is 20.0. The Bertz CT molecular complexity index is 1050. The molecule has 0 bridgehead atoms. The number of amides is 1. The van der Waals surface area contributed by atoms with E-state index < -0.39 is 17.3 Å². The monoisotopic (exact) mass is 419 g/mol. The van der Waals surface area contributed by atoms with Crippen LogP contribution in [0.25, 0.3) is 5.69 Å². The average Bonchev–Trinajstić information content (AvgIpc) is 2.67. The van der Waals surface area contributed by atoms with Crippen molar-refractivity contribution in [2.24, 2.45) is 0 Å². The number of aromatic nitrogens is 2. The standard InChI is InChI=1S/C20H16Cl2FN3O2/c1-12(19-15(21)3-2-4-16(19)22)11-24-20(28)17-9-10-18(27)26(25-17)14-7-5-13(23)6-8-14/h2-10,12H,11H2,1H3,(H,24,28). The third-order valence-electron chi connectivity index (χ3n) is 4.17. The van der Waals surface area contributed by atoms with Crippen molar-refractivity contribution >= 4 is 29.1 Å². The van der Waals surface area contributed by atoms with E-state index in [0.717, 1.165) is 10.2 Å². The molecule has 0 aliphatic heterocycles. The van der Waals surface area contributed by atoms with Gasteiger partial charge in [0.25, 0.3) is 11.5 Å². The maximum absolute atomic E-state index is 13.1. The van der Waals surface area contributed by atoms with Gasteiger partial charge in [0.2, 0.25) is 0 Å². The Morgan fingerprint density at radius 2 is 1.75 bits per heavy atom. The molecule has 2 aromatic carbocycles. The molecular weight excluding hydrogens is 404 g/mol. The molecule has 28 heavy (non-hydrogen) atoms. The van der Waals surface area contributed by atoms with Gasteiger partial charge in [0, 0.05) is 28.6 Å². The van der Waals surface area contributed by atoms with Gasteiger partial charge in [0.1, 0.15) is 11.5 Å². The minimum Gasteiger partial charge on any atom is -0.350 e. The lowest BCUT2D eigenvalue weighted by Gasteiger charge is -2.16. The molecule has 8 heteroatoms. The summed E-state index contributed by atoms with van der Waals surface area (Å²) in [5, 5.41) is 7.89. The van der Waals surface area contributed by atoms with Crippen LogP contribution in [0.2, 0.25) is 10.0 Å². The molecule has 1 N–H and O–H groups in total. The summed E-state index contributed by atoms with van der Waals surface area (Å²) in [6, 6.07) is 13.0. The summed E-state index contributed by atoms with van der Waals surface area (Å²) in [5.41, 5.74) is 0.730. The van der Waals surface area contributed by atoms with Gasteiger partial charge in [0.05, 0.1) is 5.69 Å². The molecule has 0 saturated carbocycles. The molecule has 1 atom stereocenters. The predicted molar refractivity (Wildman–Crippen MR) is 107 cm³/mol. The number of carbonyl (C=O) groups is 1. The zero-order valence-corrected chi connectivity index (χ0v) is 16.3. The highest BCUT2D eigenvalue weighted by molar-refractivity contribution is 6.36. The predicted octanol–water partition coefficient (Wildman–Crippen LogP) is 4.21. The van der Waals surface area contributed by atoms with Crippen molar-refractivity contribution in [2.45, 2.75) is 12.8 Å². The quantitative estimate of drug-likeness (QED) is 0.673. The Morgan fingerprint density at radius 3 is 2.39 bits per heavy atom. The fourth-order valence-corrected chi connectivity index (χ4v) is 3.49. The lowest BCUT2D eigenvalue weighted by Crippen LogP contribution is -2.31. The van der Waals surface area contributed by atoms with Crippen LogP contribution in [0.3, 0.4) is 0 Å². The van der Waals surface area contributed by atoms with E-state index in [1.807, 2.05) is 6.92 Å². The molecule has 0 aliphatic carbocycles. The van der Waals surface area contributed by atoms with Crippen LogP contribution in [0.1, 0.15) is 28.9 Å². The molecule has 5 nitrogen and oxygen atoms in total. The van der Waals surface area contributed by atoms with Crippen molar-refractivity contribution in [3.05, 3.63) is 92.1 Å². The van der Waals surface area contributed by atoms with E-state index in [9.17, 15) is 14.0 Å². The maximum atomic E-state index is 13.1. The van der Waals surface area contributed by atoms with E-state index >= 15 is 0 Å². The number of benzene rings is 2. The number of halogens is 3. The second kappa shape index (κ2) is 8.54. The summed E-state index contributed by atoms with van der Waals surface area (Å²) in [6.45, 7) is 2.17. The lowest BCUT2D eigenvalue weighted by atomic mass is 10.0. The summed E-state index contributed by atoms with van der Waals surface area (Å²) >= 11 is 12.4. The summed E-state index contributed by atoms with van der Waals surface area (Å²) in [5.74, 6) is -1.02. The summed E-state index contributed by atoms with van der Waals surface area (Å²) in [4.78, 5) is 24.5. The summed E-state index contributed by atoms with van der Waals surface area (Å²) < 4.78 is 14.1. The molecule has 0 fully saturated rings. The molecule has 1 amide bonds. The van der Waals surface area contributed by atoms with Gasteiger partial charge in [-0.05, 0) is 48.0 Å². The van der Waals surface area contributed by atoms with Crippen molar-refractivity contribution in [3.8, 4) is 5.69 Å². The van der Waals surface area contributed by atoms with Crippen LogP contribution < -0.4 is 10.9 Å². The van der Waals surface area contributed by atoms with Gasteiger partial charge in [-0.1, -0.05) is 36.2 Å². The van der Waals surface area contributed by atoms with Crippen LogP contribution >= 0.6 is 23.2 Å². The van der Waals surface area contributed by atoms with Crippen molar-refractivity contribution in [3.63, 3.8) is 0 Å². The SMILES string of the molecule is CC(CNC(=O)c1ccc(=O)n(-c2ccc(F)cc2)n1)c1c(Cl)cccc1Cl. The highest BCUT2D eigenvalue weighted by Crippen LogP contribution is 2.30. The van der Waals surface area contributed by atoms with Crippen LogP contribution in [-0.2, 0) is 0 Å². The van der Waals surface area contributed by atoms with Gasteiger partial charge in [-0.2, -0.15) is 9.78 Å². The third kappa shape index (κ3) is 4.40. The van der Waals surface area contributed by atoms with Gasteiger partial charge < -0.3 is 5.32 Å². The van der Waals surface area contributed by atoms with Crippen LogP contribution in [0.4, 0.5) is 4.39 Å². The molecular formula is C20H16Cl2FN3O2. The molecule has 3 aromatic rings. The zero-order chi connectivity index (χ0) is 20.3. The highest BCUT2D eigenvalue weighted by Gasteiger charge is 2.16. The highest BCUT2D eigenvalue weighted by atomic mass is 35.5. The minimum absolute atomic E-state index is 0.0568. The fourth-order valence-electron chi connectivity index (χ4n) is 2.72. The van der Waals surface area contributed by atoms with Crippen LogP contribution in [-0.4, -0.2) is 22.2 Å². The summed E-state index contributed by atoms with van der Waals surface area (Å²) in [7, 11) is 0. The average molecular weight is 420 g/mol. The normalized spacial score (nSPS) is 11.9. The molecule has 0 aliphatic rings. The number of nitrogens with one attached hydrogen (secondary N) is 1. The smallest absolute Gasteiger partial charge is 0.271 e. The first-order valence-corrected chi connectivity index (χ1v) is 9.21. The first-order chi connectivity index (χ1) is 13.4. The number of carbonyl (C=O) groups excluding carboxylic acids is 1. The second-order valence-electron chi connectivity index (χ2n) is 6.19. The fraction of sp³-hybridized carbons (Fsp3) is 0.150. The Balaban J connectivity index is 1.77. The zero-order valence-electron chi connectivity index (χ0n) is 14.8. The van der Waals surface area contributed by atoms with E-state index in [1.165, 1.54) is 36.4 Å².